The molecule has 1 atom stereocenters. The van der Waals surface area contributed by atoms with Gasteiger partial charge in [0.15, 0.2) is 0 Å². The molecule has 2 aromatic carbocycles. The number of ether oxygens (including phenoxy) is 1. The Labute approximate surface area is 191 Å². The van der Waals surface area contributed by atoms with Crippen LogP contribution in [0.3, 0.4) is 0 Å². The smallest absolute Gasteiger partial charge is 0.414 e. The highest BCUT2D eigenvalue weighted by atomic mass is 19.1. The molecule has 2 aromatic rings. The first-order valence-corrected chi connectivity index (χ1v) is 10.9. The van der Waals surface area contributed by atoms with E-state index in [1.807, 2.05) is 11.0 Å². The molecule has 2 fully saturated rings. The third-order valence-electron chi connectivity index (χ3n) is 5.70. The lowest BCUT2D eigenvalue weighted by molar-refractivity contribution is -0.117. The number of nitrogens with zero attached hydrogens (tertiary/aromatic N) is 3. The van der Waals surface area contributed by atoms with E-state index in [1.54, 1.807) is 36.4 Å². The second-order valence-corrected chi connectivity index (χ2v) is 8.09. The number of carbonyl (C=O) groups excluding carboxylic acids is 3. The standard InChI is InChI=1S/C24H26FN3O5/c1-17(29)7-9-20-16-27(24(31)33-20)19-8-10-22(21(25)15-19)26-11-12-28(32-14-13-26)23(30)18-5-3-2-4-6-18/h2-6,8,10,15,20H,7,9,11-14,16H2,1H3/t20-/m0/s1. The van der Waals surface area contributed by atoms with Crippen LogP contribution in [0, 0.1) is 5.82 Å². The van der Waals surface area contributed by atoms with E-state index >= 15 is 4.39 Å². The lowest BCUT2D eigenvalue weighted by Crippen LogP contribution is -2.34. The summed E-state index contributed by atoms with van der Waals surface area (Å²) in [6.45, 7) is 3.09. The number of hydrogen-bond donors (Lipinski definition) is 0. The monoisotopic (exact) mass is 455 g/mol. The first kappa shape index (κ1) is 22.7. The molecule has 33 heavy (non-hydrogen) atoms. The number of halogens is 1. The van der Waals surface area contributed by atoms with Crippen molar-refractivity contribution >= 4 is 29.2 Å². The number of Topliss-reactive ketones (excluding diaryl/α,β-unsaturated/α-hetero) is 1. The van der Waals surface area contributed by atoms with Gasteiger partial charge in [-0.25, -0.2) is 14.2 Å². The van der Waals surface area contributed by atoms with Gasteiger partial charge in [0.2, 0.25) is 0 Å². The van der Waals surface area contributed by atoms with Gasteiger partial charge in [-0.05, 0) is 43.7 Å². The molecule has 8 nitrogen and oxygen atoms in total. The Kier molecular flexibility index (Phi) is 6.88. The molecular weight excluding hydrogens is 429 g/mol. The average Bonchev–Trinajstić information content (AvgIpc) is 3.02. The van der Waals surface area contributed by atoms with E-state index in [0.29, 0.717) is 42.9 Å². The molecule has 2 aliphatic rings. The van der Waals surface area contributed by atoms with Crippen LogP contribution in [0.4, 0.5) is 20.6 Å². The van der Waals surface area contributed by atoms with Crippen molar-refractivity contribution in [2.75, 3.05) is 42.6 Å². The van der Waals surface area contributed by atoms with Gasteiger partial charge in [0.05, 0.1) is 31.1 Å². The zero-order valence-electron chi connectivity index (χ0n) is 18.4. The van der Waals surface area contributed by atoms with E-state index in [-0.39, 0.29) is 37.5 Å². The summed E-state index contributed by atoms with van der Waals surface area (Å²) in [5, 5.41) is 1.31. The first-order chi connectivity index (χ1) is 15.9. The van der Waals surface area contributed by atoms with Crippen molar-refractivity contribution in [2.45, 2.75) is 25.9 Å². The lowest BCUT2D eigenvalue weighted by atomic mass is 10.1. The highest BCUT2D eigenvalue weighted by Gasteiger charge is 2.33. The SMILES string of the molecule is CC(=O)CC[C@H]1CN(c2ccc(N3CCON(C(=O)c4ccccc4)CC3)c(F)c2)C(=O)O1. The van der Waals surface area contributed by atoms with Crippen molar-refractivity contribution in [3.8, 4) is 0 Å². The number of ketones is 1. The third-order valence-corrected chi connectivity index (χ3v) is 5.70. The topological polar surface area (TPSA) is 79.4 Å². The van der Waals surface area contributed by atoms with E-state index in [1.165, 1.54) is 23.0 Å². The van der Waals surface area contributed by atoms with Crippen LogP contribution >= 0.6 is 0 Å². The molecule has 9 heteroatoms. The summed E-state index contributed by atoms with van der Waals surface area (Å²) in [6.07, 6.45) is -0.154. The number of amides is 2. The molecule has 0 aromatic heterocycles. The minimum Gasteiger partial charge on any atom is -0.444 e. The van der Waals surface area contributed by atoms with Gasteiger partial charge in [0.25, 0.3) is 5.91 Å². The highest BCUT2D eigenvalue weighted by molar-refractivity contribution is 5.93. The van der Waals surface area contributed by atoms with E-state index < -0.39 is 11.9 Å². The minimum absolute atomic E-state index is 0.0327. The van der Waals surface area contributed by atoms with Gasteiger partial charge in [-0.3, -0.25) is 14.5 Å². The maximum absolute atomic E-state index is 15.0. The summed E-state index contributed by atoms with van der Waals surface area (Å²) in [5.41, 5.74) is 1.30. The molecule has 174 valence electrons. The molecule has 2 amide bonds. The second-order valence-electron chi connectivity index (χ2n) is 8.09. The molecule has 0 spiro atoms. The summed E-state index contributed by atoms with van der Waals surface area (Å²) in [5.74, 6) is -0.680. The van der Waals surface area contributed by atoms with E-state index in [9.17, 15) is 14.4 Å². The van der Waals surface area contributed by atoms with Crippen LogP contribution in [0.15, 0.2) is 48.5 Å². The van der Waals surface area contributed by atoms with Crippen molar-refractivity contribution in [1.82, 2.24) is 5.06 Å². The number of anilines is 2. The summed E-state index contributed by atoms with van der Waals surface area (Å²) < 4.78 is 20.3. The Bertz CT molecular complexity index is 1030. The maximum atomic E-state index is 15.0. The van der Waals surface area contributed by atoms with Gasteiger partial charge in [0, 0.05) is 25.1 Å². The van der Waals surface area contributed by atoms with Gasteiger partial charge < -0.3 is 14.4 Å². The number of carbonyl (C=O) groups is 3. The van der Waals surface area contributed by atoms with E-state index in [4.69, 9.17) is 9.57 Å². The number of hydrogen-bond acceptors (Lipinski definition) is 6. The fraction of sp³-hybridized carbons (Fsp3) is 0.375. The van der Waals surface area contributed by atoms with Crippen molar-refractivity contribution in [3.63, 3.8) is 0 Å². The molecule has 2 heterocycles. The first-order valence-electron chi connectivity index (χ1n) is 10.9. The van der Waals surface area contributed by atoms with E-state index in [0.717, 1.165) is 0 Å². The highest BCUT2D eigenvalue weighted by Crippen LogP contribution is 2.29. The minimum atomic E-state index is -0.547. The zero-order chi connectivity index (χ0) is 23.4. The van der Waals surface area contributed by atoms with Crippen LogP contribution in [0.1, 0.15) is 30.1 Å². The Hall–Kier alpha value is -3.46. The Morgan fingerprint density at radius 2 is 1.88 bits per heavy atom. The Balaban J connectivity index is 1.40. The van der Waals surface area contributed by atoms with Crippen molar-refractivity contribution in [2.24, 2.45) is 0 Å². The quantitative estimate of drug-likeness (QED) is 0.664. The molecule has 2 saturated heterocycles. The summed E-state index contributed by atoms with van der Waals surface area (Å²) in [7, 11) is 0. The van der Waals surface area contributed by atoms with Crippen molar-refractivity contribution in [3.05, 3.63) is 59.9 Å². The summed E-state index contributed by atoms with van der Waals surface area (Å²) in [4.78, 5) is 44.8. The molecule has 0 N–H and O–H groups in total. The molecule has 0 aliphatic carbocycles. The van der Waals surface area contributed by atoms with Crippen LogP contribution in [0.25, 0.3) is 0 Å². The second kappa shape index (κ2) is 9.99. The fourth-order valence-corrected chi connectivity index (χ4v) is 3.94. The van der Waals surface area contributed by atoms with E-state index in [2.05, 4.69) is 0 Å². The summed E-state index contributed by atoms with van der Waals surface area (Å²) >= 11 is 0. The number of benzene rings is 2. The molecule has 0 bridgehead atoms. The predicted octanol–water partition coefficient (Wildman–Crippen LogP) is 3.41. The molecule has 0 radical (unpaired) electrons. The van der Waals surface area contributed by atoms with Crippen LogP contribution in [0.2, 0.25) is 0 Å². The lowest BCUT2D eigenvalue weighted by Gasteiger charge is -2.24. The van der Waals surface area contributed by atoms with Crippen molar-refractivity contribution in [1.29, 1.82) is 0 Å². The molecule has 0 unspecified atom stereocenters. The Morgan fingerprint density at radius 1 is 1.09 bits per heavy atom. The third kappa shape index (κ3) is 5.31. The van der Waals surface area contributed by atoms with Crippen LogP contribution in [-0.4, -0.2) is 61.7 Å². The molecule has 4 rings (SSSR count). The predicted molar refractivity (Wildman–Crippen MR) is 120 cm³/mol. The molecular formula is C24H26FN3O5. The number of hydroxylamine groups is 2. The summed E-state index contributed by atoms with van der Waals surface area (Å²) in [6, 6.07) is 13.5. The van der Waals surface area contributed by atoms with Gasteiger partial charge in [-0.1, -0.05) is 18.2 Å². The van der Waals surface area contributed by atoms with Gasteiger partial charge >= 0.3 is 6.09 Å². The maximum Gasteiger partial charge on any atom is 0.414 e. The zero-order valence-corrected chi connectivity index (χ0v) is 18.4. The van der Waals surface area contributed by atoms with Crippen LogP contribution in [-0.2, 0) is 14.4 Å². The fourth-order valence-electron chi connectivity index (χ4n) is 3.94. The average molecular weight is 455 g/mol. The largest absolute Gasteiger partial charge is 0.444 e. The normalized spacial score (nSPS) is 18.8. The van der Waals surface area contributed by atoms with Crippen LogP contribution < -0.4 is 9.80 Å². The van der Waals surface area contributed by atoms with Gasteiger partial charge in [0.1, 0.15) is 17.7 Å². The van der Waals surface area contributed by atoms with Crippen molar-refractivity contribution < 1.29 is 28.3 Å². The Morgan fingerprint density at radius 3 is 2.61 bits per heavy atom. The number of rotatable bonds is 6. The molecule has 2 aliphatic heterocycles. The number of cyclic esters (lactones) is 1. The van der Waals surface area contributed by atoms with Crippen LogP contribution in [0.5, 0.6) is 0 Å². The molecule has 0 saturated carbocycles. The van der Waals surface area contributed by atoms with Gasteiger partial charge in [-0.15, -0.1) is 0 Å². The van der Waals surface area contributed by atoms with Gasteiger partial charge in [-0.2, -0.15) is 0 Å².